The molecule has 0 aromatic rings. The molecule has 0 heterocycles. The third-order valence-electron chi connectivity index (χ3n) is 0. The molecule has 0 atom stereocenters. The van der Waals surface area contributed by atoms with Crippen molar-refractivity contribution in [3.05, 3.63) is 15.3 Å². The average molecular weight is 359 g/mol. The van der Waals surface area contributed by atoms with Gasteiger partial charge in [-0.15, -0.1) is 0 Å². The fourth-order valence-electron chi connectivity index (χ4n) is 0. The zero-order chi connectivity index (χ0) is 3.58. The van der Waals surface area contributed by atoms with Crippen molar-refractivity contribution in [1.29, 1.82) is 0 Å². The summed E-state index contributed by atoms with van der Waals surface area (Å²) in [5.74, 6) is 0. The topological polar surface area (TPSA) is 101 Å². The summed E-state index contributed by atoms with van der Waals surface area (Å²) in [6.07, 6.45) is 0. The SMILES string of the molecule is N.O=[N+]([O-])[O-].[Ce].[Ce]. The number of nitrogens with zero attached hydrogens (tertiary/aromatic N) is 1. The van der Waals surface area contributed by atoms with Gasteiger partial charge in [-0.3, -0.25) is 0 Å². The van der Waals surface area contributed by atoms with E-state index in [2.05, 4.69) is 0 Å². The van der Waals surface area contributed by atoms with Crippen molar-refractivity contribution in [3.8, 4) is 0 Å². The van der Waals surface area contributed by atoms with E-state index in [1.165, 1.54) is 0 Å². The van der Waals surface area contributed by atoms with E-state index in [1.807, 2.05) is 0 Å². The van der Waals surface area contributed by atoms with Crippen LogP contribution in [0.4, 0.5) is 0 Å². The van der Waals surface area contributed by atoms with Crippen LogP contribution in [0, 0.1) is 98.8 Å². The maximum Gasteiger partial charge on any atom is 0.0689 e. The maximum absolute atomic E-state index is 8.25. The molecule has 0 aliphatic heterocycles. The molecule has 0 amide bonds. The minimum absolute atomic E-state index is 0. The third-order valence-corrected chi connectivity index (χ3v) is 0. The van der Waals surface area contributed by atoms with Gasteiger partial charge < -0.3 is 21.5 Å². The third kappa shape index (κ3) is 75.6. The van der Waals surface area contributed by atoms with Crippen molar-refractivity contribution in [1.82, 2.24) is 6.15 Å². The summed E-state index contributed by atoms with van der Waals surface area (Å²) in [5, 5.41) is 14.8. The van der Waals surface area contributed by atoms with E-state index in [-0.39, 0.29) is 89.6 Å². The van der Waals surface area contributed by atoms with Crippen LogP contribution >= 0.6 is 0 Å². The number of hydrogen-bond donors (Lipinski definition) is 1. The average Bonchev–Trinajstić information content (AvgIpc) is 0.811. The van der Waals surface area contributed by atoms with Gasteiger partial charge in [0.05, 0.1) is 5.09 Å². The smallest absolute Gasteiger partial charge is 0.0689 e. The summed E-state index contributed by atoms with van der Waals surface area (Å²) in [7, 11) is 0. The van der Waals surface area contributed by atoms with E-state index >= 15 is 0 Å². The molecule has 0 aliphatic rings. The van der Waals surface area contributed by atoms with Gasteiger partial charge in [-0.25, -0.2) is 0 Å². The van der Waals surface area contributed by atoms with Crippen LogP contribution < -0.4 is 6.15 Å². The second-order valence-electron chi connectivity index (χ2n) is 0.224. The van der Waals surface area contributed by atoms with Crippen molar-refractivity contribution in [3.63, 3.8) is 0 Å². The molecular formula is H3Ce2N2O3-. The van der Waals surface area contributed by atoms with Crippen LogP contribution in [0.5, 0.6) is 0 Å². The predicted molar refractivity (Wildman–Crippen MR) is 15.4 cm³/mol. The molecule has 0 aromatic carbocycles. The van der Waals surface area contributed by atoms with Crippen LogP contribution in [0.15, 0.2) is 0 Å². The summed E-state index contributed by atoms with van der Waals surface area (Å²) in [6, 6.07) is 0. The molecule has 0 spiro atoms. The molecule has 0 saturated carbocycles. The van der Waals surface area contributed by atoms with Crippen LogP contribution in [-0.4, -0.2) is 5.09 Å². The molecule has 0 aliphatic carbocycles. The predicted octanol–water partition coefficient (Wildman–Crippen LogP) is -0.0771. The Morgan fingerprint density at radius 2 is 1.14 bits per heavy atom. The summed E-state index contributed by atoms with van der Waals surface area (Å²) < 4.78 is 0. The Hall–Kier alpha value is 1.91. The zero-order valence-electron chi connectivity index (χ0n) is 3.38. The molecule has 7 heavy (non-hydrogen) atoms. The van der Waals surface area contributed by atoms with Gasteiger partial charge in [0.25, 0.3) is 0 Å². The first kappa shape index (κ1) is 23.1. The van der Waals surface area contributed by atoms with Crippen LogP contribution in [0.25, 0.3) is 0 Å². The van der Waals surface area contributed by atoms with Gasteiger partial charge in [-0.1, -0.05) is 0 Å². The first-order valence-electron chi connectivity index (χ1n) is 0.548. The Balaban J connectivity index is -0.0000000150. The molecule has 0 rings (SSSR count). The first-order chi connectivity index (χ1) is 1.73. The van der Waals surface area contributed by atoms with Crippen LogP contribution in [0.1, 0.15) is 0 Å². The Labute approximate surface area is 108 Å². The van der Waals surface area contributed by atoms with Crippen molar-refractivity contribution in [2.24, 2.45) is 0 Å². The fourth-order valence-corrected chi connectivity index (χ4v) is 0. The summed E-state index contributed by atoms with van der Waals surface area (Å²) in [5.41, 5.74) is 0. The van der Waals surface area contributed by atoms with Crippen molar-refractivity contribution in [2.45, 2.75) is 0 Å². The van der Waals surface area contributed by atoms with Gasteiger partial charge in [-0.05, 0) is 0 Å². The number of hydrogen-bond acceptors (Lipinski definition) is 4. The molecule has 0 fully saturated rings. The molecule has 5 nitrogen and oxygen atoms in total. The van der Waals surface area contributed by atoms with E-state index < -0.39 is 5.09 Å². The van der Waals surface area contributed by atoms with Crippen molar-refractivity contribution < 1.29 is 88.6 Å². The van der Waals surface area contributed by atoms with Gasteiger partial charge in [0, 0.05) is 83.5 Å². The second-order valence-corrected chi connectivity index (χ2v) is 0.224. The largest absolute Gasteiger partial charge is 0.356 e. The molecule has 0 radical (unpaired) electrons. The van der Waals surface area contributed by atoms with Crippen LogP contribution in [-0.2, 0) is 0 Å². The van der Waals surface area contributed by atoms with Gasteiger partial charge >= 0.3 is 0 Å². The van der Waals surface area contributed by atoms with Gasteiger partial charge in [0.1, 0.15) is 0 Å². The van der Waals surface area contributed by atoms with Gasteiger partial charge in [-0.2, -0.15) is 0 Å². The fraction of sp³-hybridized carbons (Fsp3) is 0. The molecular weight excluding hydrogens is 356 g/mol. The molecule has 40 valence electrons. The Morgan fingerprint density at radius 3 is 1.14 bits per heavy atom. The maximum atomic E-state index is 8.25. The van der Waals surface area contributed by atoms with Crippen molar-refractivity contribution in [2.75, 3.05) is 0 Å². The standard InChI is InChI=1S/2Ce.NO3.H3N/c;;2-1(3)4;/h;;;1H3/q;;-1;. The molecule has 0 aromatic heterocycles. The van der Waals surface area contributed by atoms with E-state index in [0.717, 1.165) is 0 Å². The monoisotopic (exact) mass is 359 g/mol. The zero-order valence-corrected chi connectivity index (χ0v) is 9.66. The van der Waals surface area contributed by atoms with E-state index in [0.29, 0.717) is 0 Å². The van der Waals surface area contributed by atoms with Crippen LogP contribution in [0.3, 0.4) is 0 Å². The van der Waals surface area contributed by atoms with E-state index in [4.69, 9.17) is 15.3 Å². The summed E-state index contributed by atoms with van der Waals surface area (Å²) in [6.45, 7) is 0. The Kier molecular flexibility index (Phi) is 51.7. The van der Waals surface area contributed by atoms with Crippen molar-refractivity contribution >= 4 is 0 Å². The van der Waals surface area contributed by atoms with Gasteiger partial charge in [0.15, 0.2) is 0 Å². The molecule has 3 N–H and O–H groups in total. The van der Waals surface area contributed by atoms with Crippen LogP contribution in [0.2, 0.25) is 0 Å². The molecule has 0 unspecified atom stereocenters. The van der Waals surface area contributed by atoms with E-state index in [1.54, 1.807) is 0 Å². The number of rotatable bonds is 0. The first-order valence-corrected chi connectivity index (χ1v) is 0.548. The Bertz CT molecular complexity index is 33.9. The summed E-state index contributed by atoms with van der Waals surface area (Å²) >= 11 is 0. The molecule has 0 saturated heterocycles. The molecule has 0 bridgehead atoms. The minimum Gasteiger partial charge on any atom is -0.356 e. The second kappa shape index (κ2) is 15.7. The molecule has 7 heteroatoms. The minimum atomic E-state index is -1.75. The van der Waals surface area contributed by atoms with E-state index in [9.17, 15) is 0 Å². The van der Waals surface area contributed by atoms with Gasteiger partial charge in [0.2, 0.25) is 0 Å². The Morgan fingerprint density at radius 1 is 1.14 bits per heavy atom. The summed E-state index contributed by atoms with van der Waals surface area (Å²) in [4.78, 5) is 8.25. The quantitative estimate of drug-likeness (QED) is 0.483. The normalized spacial score (nSPS) is 3.43.